The highest BCUT2D eigenvalue weighted by Gasteiger charge is 2.08. The maximum Gasteiger partial charge on any atom is 0.255 e. The van der Waals surface area contributed by atoms with Crippen LogP contribution in [0.15, 0.2) is 12.3 Å². The summed E-state index contributed by atoms with van der Waals surface area (Å²) in [5.74, 6) is 0. The molecule has 0 aliphatic carbocycles. The van der Waals surface area contributed by atoms with Gasteiger partial charge in [-0.3, -0.25) is 4.79 Å². The van der Waals surface area contributed by atoms with Crippen LogP contribution in [-0.2, 0) is 0 Å². The average Bonchev–Trinajstić information content (AvgIpc) is 1.94. The Bertz CT molecular complexity index is 303. The minimum absolute atomic E-state index is 0.144. The molecule has 11 heavy (non-hydrogen) atoms. The van der Waals surface area contributed by atoms with Gasteiger partial charge in [0.15, 0.2) is 0 Å². The molecule has 0 N–H and O–H groups in total. The van der Waals surface area contributed by atoms with Crippen LogP contribution in [0.2, 0.25) is 5.15 Å². The van der Waals surface area contributed by atoms with Gasteiger partial charge in [0, 0.05) is 9.77 Å². The number of pyridine rings is 1. The fourth-order valence-electron chi connectivity index (χ4n) is 0.560. The summed E-state index contributed by atoms with van der Waals surface area (Å²) in [6.45, 7) is 0. The molecule has 0 saturated heterocycles. The maximum atomic E-state index is 10.7. The third kappa shape index (κ3) is 2.28. The van der Waals surface area contributed by atoms with Crippen LogP contribution < -0.4 is 0 Å². The lowest BCUT2D eigenvalue weighted by Gasteiger charge is -1.96. The normalized spacial score (nSPS) is 9.73. The molecule has 0 bridgehead atoms. The van der Waals surface area contributed by atoms with E-state index in [4.69, 9.17) is 23.2 Å². The number of rotatable bonds is 1. The summed E-state index contributed by atoms with van der Waals surface area (Å²) < 4.78 is 0.830. The summed E-state index contributed by atoms with van der Waals surface area (Å²) >= 11 is 12.8. The first kappa shape index (κ1) is 9.22. The molecule has 1 aromatic rings. The van der Waals surface area contributed by atoms with E-state index in [9.17, 15) is 4.79 Å². The van der Waals surface area contributed by atoms with E-state index in [1.165, 1.54) is 0 Å². The number of nitrogens with zero attached hydrogens (tertiary/aromatic N) is 1. The number of halogens is 3. The monoisotopic (exact) mass is 301 g/mol. The zero-order valence-corrected chi connectivity index (χ0v) is 8.81. The zero-order chi connectivity index (χ0) is 8.43. The highest BCUT2D eigenvalue weighted by molar-refractivity contribution is 14.1. The Morgan fingerprint density at radius 2 is 2.27 bits per heavy atom. The second-order valence-electron chi connectivity index (χ2n) is 1.77. The molecule has 0 spiro atoms. The Hall–Kier alpha value is 0.130. The van der Waals surface area contributed by atoms with Crippen molar-refractivity contribution in [1.82, 2.24) is 4.98 Å². The Morgan fingerprint density at radius 1 is 1.64 bits per heavy atom. The third-order valence-electron chi connectivity index (χ3n) is 1.02. The maximum absolute atomic E-state index is 10.7. The largest absolute Gasteiger partial charge is 0.275 e. The van der Waals surface area contributed by atoms with Crippen molar-refractivity contribution >= 4 is 51.0 Å². The fourth-order valence-corrected chi connectivity index (χ4v) is 1.39. The van der Waals surface area contributed by atoms with E-state index in [1.807, 2.05) is 22.6 Å². The van der Waals surface area contributed by atoms with E-state index in [-0.39, 0.29) is 10.7 Å². The summed E-state index contributed by atoms with van der Waals surface area (Å²) in [4.78, 5) is 14.4. The van der Waals surface area contributed by atoms with Crippen molar-refractivity contribution in [2.45, 2.75) is 0 Å². The van der Waals surface area contributed by atoms with Gasteiger partial charge in [-0.2, -0.15) is 0 Å². The van der Waals surface area contributed by atoms with Gasteiger partial charge in [-0.1, -0.05) is 11.6 Å². The lowest BCUT2D eigenvalue weighted by Crippen LogP contribution is -1.93. The number of carbonyl (C=O) groups excluding carboxylic acids is 1. The van der Waals surface area contributed by atoms with Crippen molar-refractivity contribution in [2.75, 3.05) is 0 Å². The summed E-state index contributed by atoms with van der Waals surface area (Å²) in [5, 5.41) is -0.438. The molecule has 0 amide bonds. The van der Waals surface area contributed by atoms with Gasteiger partial charge < -0.3 is 0 Å². The van der Waals surface area contributed by atoms with E-state index in [0.717, 1.165) is 3.57 Å². The van der Waals surface area contributed by atoms with Crippen LogP contribution in [0.5, 0.6) is 0 Å². The Kier molecular flexibility index (Phi) is 3.09. The summed E-state index contributed by atoms with van der Waals surface area (Å²) in [5.41, 5.74) is 0.250. The molecule has 1 aromatic heterocycles. The molecule has 1 heterocycles. The number of carbonyl (C=O) groups is 1. The van der Waals surface area contributed by atoms with Gasteiger partial charge in [0.05, 0.1) is 5.56 Å². The molecule has 0 saturated carbocycles. The van der Waals surface area contributed by atoms with Crippen LogP contribution in [0.25, 0.3) is 0 Å². The molecule has 58 valence electrons. The molecule has 0 atom stereocenters. The molecule has 2 nitrogen and oxygen atoms in total. The van der Waals surface area contributed by atoms with E-state index >= 15 is 0 Å². The van der Waals surface area contributed by atoms with Crippen LogP contribution >= 0.6 is 45.8 Å². The third-order valence-corrected chi connectivity index (χ3v) is 2.11. The molecular formula is C6H2Cl2INO. The molecule has 0 aliphatic rings. The summed E-state index contributed by atoms with van der Waals surface area (Å²) in [6, 6.07) is 1.59. The second-order valence-corrected chi connectivity index (χ2v) is 3.71. The first-order valence-corrected chi connectivity index (χ1v) is 4.45. The number of hydrogen-bond donors (Lipinski definition) is 0. The highest BCUT2D eigenvalue weighted by Crippen LogP contribution is 2.17. The van der Waals surface area contributed by atoms with Crippen molar-refractivity contribution in [3.8, 4) is 0 Å². The summed E-state index contributed by atoms with van der Waals surface area (Å²) in [6.07, 6.45) is 1.56. The van der Waals surface area contributed by atoms with Crippen molar-refractivity contribution in [3.05, 3.63) is 26.5 Å². The van der Waals surface area contributed by atoms with Gasteiger partial charge in [0.25, 0.3) is 5.24 Å². The Morgan fingerprint density at radius 3 is 2.73 bits per heavy atom. The van der Waals surface area contributed by atoms with E-state index in [2.05, 4.69) is 4.98 Å². The minimum Gasteiger partial charge on any atom is -0.275 e. The average molecular weight is 302 g/mol. The van der Waals surface area contributed by atoms with Crippen LogP contribution in [-0.4, -0.2) is 10.2 Å². The van der Waals surface area contributed by atoms with Gasteiger partial charge in [-0.05, 0) is 40.3 Å². The van der Waals surface area contributed by atoms with Crippen molar-refractivity contribution in [2.24, 2.45) is 0 Å². The quantitative estimate of drug-likeness (QED) is 0.453. The predicted octanol–water partition coefficient (Wildman–Crippen LogP) is 2.72. The molecule has 0 aliphatic heterocycles. The second kappa shape index (κ2) is 3.69. The molecule has 5 heteroatoms. The first-order chi connectivity index (χ1) is 5.11. The van der Waals surface area contributed by atoms with Crippen molar-refractivity contribution in [1.29, 1.82) is 0 Å². The Balaban J connectivity index is 3.23. The van der Waals surface area contributed by atoms with Gasteiger partial charge in [0.2, 0.25) is 0 Å². The molecule has 1 rings (SSSR count). The smallest absolute Gasteiger partial charge is 0.255 e. The lowest BCUT2D eigenvalue weighted by molar-refractivity contribution is 0.108. The van der Waals surface area contributed by atoms with Crippen LogP contribution in [0.3, 0.4) is 0 Å². The number of aromatic nitrogens is 1. The molecule has 0 unspecified atom stereocenters. The zero-order valence-electron chi connectivity index (χ0n) is 5.14. The standard InChI is InChI=1S/C6H2Cl2INO/c7-5-4(6(8)11)1-3(9)2-10-5/h1-2H. The van der Waals surface area contributed by atoms with Crippen LogP contribution in [0, 0.1) is 3.57 Å². The molecular weight excluding hydrogens is 300 g/mol. The number of hydrogen-bond acceptors (Lipinski definition) is 2. The van der Waals surface area contributed by atoms with Crippen LogP contribution in [0.4, 0.5) is 0 Å². The van der Waals surface area contributed by atoms with Crippen LogP contribution in [0.1, 0.15) is 10.4 Å². The van der Waals surface area contributed by atoms with Gasteiger partial charge in [-0.25, -0.2) is 4.98 Å². The van der Waals surface area contributed by atoms with E-state index < -0.39 is 5.24 Å². The Labute approximate surface area is 87.0 Å². The minimum atomic E-state index is -0.582. The summed E-state index contributed by atoms with van der Waals surface area (Å²) in [7, 11) is 0. The fraction of sp³-hybridized carbons (Fsp3) is 0. The lowest BCUT2D eigenvalue weighted by atomic mass is 10.3. The van der Waals surface area contributed by atoms with Crippen molar-refractivity contribution in [3.63, 3.8) is 0 Å². The van der Waals surface area contributed by atoms with Crippen molar-refractivity contribution < 1.29 is 4.79 Å². The predicted molar refractivity (Wildman–Crippen MR) is 52.1 cm³/mol. The molecule has 0 aromatic carbocycles. The molecule has 0 radical (unpaired) electrons. The first-order valence-electron chi connectivity index (χ1n) is 2.62. The molecule has 0 fully saturated rings. The van der Waals surface area contributed by atoms with Gasteiger partial charge >= 0.3 is 0 Å². The highest BCUT2D eigenvalue weighted by atomic mass is 127. The van der Waals surface area contributed by atoms with E-state index in [0.29, 0.717) is 0 Å². The van der Waals surface area contributed by atoms with Gasteiger partial charge in [0.1, 0.15) is 5.15 Å². The topological polar surface area (TPSA) is 30.0 Å². The van der Waals surface area contributed by atoms with Gasteiger partial charge in [-0.15, -0.1) is 0 Å². The SMILES string of the molecule is O=C(Cl)c1cc(I)cnc1Cl. The van der Waals surface area contributed by atoms with E-state index in [1.54, 1.807) is 12.3 Å².